The number of nitrogens with zero attached hydrogens (tertiary/aromatic N) is 5. The van der Waals surface area contributed by atoms with Gasteiger partial charge in [-0.3, -0.25) is 10.1 Å². The Morgan fingerprint density at radius 1 is 1.24 bits per heavy atom. The third kappa shape index (κ3) is 2.59. The highest BCUT2D eigenvalue weighted by Crippen LogP contribution is 2.11. The van der Waals surface area contributed by atoms with Crippen LogP contribution in [0.15, 0.2) is 42.9 Å². The van der Waals surface area contributed by atoms with Gasteiger partial charge in [0.1, 0.15) is 6.33 Å². The van der Waals surface area contributed by atoms with Crippen LogP contribution in [-0.4, -0.2) is 30.5 Å². The van der Waals surface area contributed by atoms with Crippen molar-refractivity contribution < 1.29 is 4.79 Å². The van der Waals surface area contributed by atoms with Gasteiger partial charge in [-0.25, -0.2) is 9.36 Å². The molecule has 21 heavy (non-hydrogen) atoms. The van der Waals surface area contributed by atoms with Crippen molar-refractivity contribution >= 4 is 17.5 Å². The van der Waals surface area contributed by atoms with Crippen molar-refractivity contribution in [2.24, 2.45) is 7.05 Å². The summed E-state index contributed by atoms with van der Waals surface area (Å²) in [7, 11) is 1.69. The third-order valence-corrected chi connectivity index (χ3v) is 2.92. The van der Waals surface area contributed by atoms with E-state index < -0.39 is 0 Å². The number of aryl methyl sites for hydroxylation is 1. The molecule has 0 aliphatic rings. The summed E-state index contributed by atoms with van der Waals surface area (Å²) in [5.74, 6) is 0.0160. The highest BCUT2D eigenvalue weighted by Gasteiger charge is 2.12. The first-order chi connectivity index (χ1) is 10.1. The molecule has 0 aliphatic carbocycles. The Morgan fingerprint density at radius 2 is 2.00 bits per heavy atom. The van der Waals surface area contributed by atoms with E-state index in [1.807, 2.05) is 12.1 Å². The van der Waals surface area contributed by atoms with Crippen molar-refractivity contribution in [3.63, 3.8) is 0 Å². The summed E-state index contributed by atoms with van der Waals surface area (Å²) in [6, 6.07) is 8.83. The Morgan fingerprint density at radius 3 is 2.67 bits per heavy atom. The van der Waals surface area contributed by atoms with Crippen LogP contribution in [0.4, 0.5) is 11.6 Å². The number of hydrogen-bond acceptors (Lipinski definition) is 5. The number of carbonyl (C=O) groups excluding carboxylic acids is 1. The number of nitrogens with one attached hydrogen (secondary N) is 1. The number of nitrogens with two attached hydrogens (primary N) is 1. The number of nitrogen functional groups attached to an aromatic ring is 1. The van der Waals surface area contributed by atoms with Crippen LogP contribution in [0.2, 0.25) is 0 Å². The average Bonchev–Trinajstić information content (AvgIpc) is 3.10. The summed E-state index contributed by atoms with van der Waals surface area (Å²) >= 11 is 0. The second-order valence-electron chi connectivity index (χ2n) is 4.40. The Kier molecular flexibility index (Phi) is 3.11. The summed E-state index contributed by atoms with van der Waals surface area (Å²) in [5, 5.41) is 10.7. The Hall–Kier alpha value is -3.16. The minimum Gasteiger partial charge on any atom is -0.399 e. The zero-order chi connectivity index (χ0) is 14.8. The van der Waals surface area contributed by atoms with Crippen LogP contribution in [0, 0.1) is 0 Å². The van der Waals surface area contributed by atoms with Crippen molar-refractivity contribution in [3.05, 3.63) is 48.5 Å². The molecule has 0 atom stereocenters. The summed E-state index contributed by atoms with van der Waals surface area (Å²) < 4.78 is 3.07. The zero-order valence-corrected chi connectivity index (χ0v) is 11.3. The van der Waals surface area contributed by atoms with E-state index in [4.69, 9.17) is 5.73 Å². The maximum atomic E-state index is 12.1. The predicted octanol–water partition coefficient (Wildman–Crippen LogP) is 0.835. The fourth-order valence-electron chi connectivity index (χ4n) is 1.79. The lowest BCUT2D eigenvalue weighted by atomic mass is 10.3. The first kappa shape index (κ1) is 12.9. The largest absolute Gasteiger partial charge is 0.399 e. The minimum absolute atomic E-state index is 0.287. The molecule has 8 heteroatoms. The van der Waals surface area contributed by atoms with E-state index in [1.165, 1.54) is 11.0 Å². The molecular weight excluding hydrogens is 270 g/mol. The normalized spacial score (nSPS) is 10.5. The van der Waals surface area contributed by atoms with Gasteiger partial charge in [-0.2, -0.15) is 15.2 Å². The van der Waals surface area contributed by atoms with E-state index >= 15 is 0 Å². The summed E-state index contributed by atoms with van der Waals surface area (Å²) in [6.45, 7) is 0. The van der Waals surface area contributed by atoms with Crippen LogP contribution in [0.1, 0.15) is 10.5 Å². The number of aromatic nitrogens is 5. The molecule has 0 aliphatic heterocycles. The molecule has 0 spiro atoms. The average molecular weight is 283 g/mol. The molecule has 3 rings (SSSR count). The lowest BCUT2D eigenvalue weighted by Gasteiger charge is -2.02. The molecule has 0 bridgehead atoms. The van der Waals surface area contributed by atoms with E-state index in [2.05, 4.69) is 20.5 Å². The van der Waals surface area contributed by atoms with Crippen LogP contribution in [-0.2, 0) is 7.05 Å². The molecule has 0 saturated heterocycles. The van der Waals surface area contributed by atoms with E-state index in [9.17, 15) is 4.79 Å². The van der Waals surface area contributed by atoms with Gasteiger partial charge in [0.2, 0.25) is 5.95 Å². The lowest BCUT2D eigenvalue weighted by Crippen LogP contribution is -2.16. The number of benzene rings is 1. The van der Waals surface area contributed by atoms with Gasteiger partial charge in [0.05, 0.1) is 5.69 Å². The first-order valence-corrected chi connectivity index (χ1v) is 6.20. The van der Waals surface area contributed by atoms with Gasteiger partial charge in [0.25, 0.3) is 5.91 Å². The maximum Gasteiger partial charge on any atom is 0.278 e. The van der Waals surface area contributed by atoms with Gasteiger partial charge in [-0.05, 0) is 30.3 Å². The molecule has 0 fully saturated rings. The standard InChI is InChI=1S/C13H13N7O/c1-19-13(15-8-16-19)17-12(21)11-6-7-20(18-11)10-4-2-9(14)3-5-10/h2-8H,14H2,1H3,(H,15,16,17,21). The molecule has 2 aromatic heterocycles. The number of carbonyl (C=O) groups is 1. The number of hydrogen-bond donors (Lipinski definition) is 2. The van der Waals surface area contributed by atoms with Crippen molar-refractivity contribution in [3.8, 4) is 5.69 Å². The van der Waals surface area contributed by atoms with Gasteiger partial charge >= 0.3 is 0 Å². The van der Waals surface area contributed by atoms with Gasteiger partial charge < -0.3 is 5.73 Å². The first-order valence-electron chi connectivity index (χ1n) is 6.20. The molecule has 0 unspecified atom stereocenters. The van der Waals surface area contributed by atoms with E-state index in [0.29, 0.717) is 11.6 Å². The molecule has 8 nitrogen and oxygen atoms in total. The van der Waals surface area contributed by atoms with E-state index in [-0.39, 0.29) is 11.6 Å². The molecule has 1 amide bonds. The fourth-order valence-corrected chi connectivity index (χ4v) is 1.79. The van der Waals surface area contributed by atoms with Crippen molar-refractivity contribution in [2.75, 3.05) is 11.1 Å². The SMILES string of the molecule is Cn1ncnc1NC(=O)c1ccn(-c2ccc(N)cc2)n1. The zero-order valence-electron chi connectivity index (χ0n) is 11.3. The fraction of sp³-hybridized carbons (Fsp3) is 0.0769. The van der Waals surface area contributed by atoms with Crippen molar-refractivity contribution in [1.82, 2.24) is 24.5 Å². The molecule has 0 saturated carbocycles. The van der Waals surface area contributed by atoms with Crippen LogP contribution in [0.3, 0.4) is 0 Å². The lowest BCUT2D eigenvalue weighted by molar-refractivity contribution is 0.102. The smallest absolute Gasteiger partial charge is 0.278 e. The van der Waals surface area contributed by atoms with Gasteiger partial charge in [0, 0.05) is 18.9 Å². The Balaban J connectivity index is 1.80. The number of anilines is 2. The van der Waals surface area contributed by atoms with Gasteiger partial charge in [-0.1, -0.05) is 0 Å². The molecular formula is C13H13N7O. The second-order valence-corrected chi connectivity index (χ2v) is 4.40. The Bertz CT molecular complexity index is 772. The third-order valence-electron chi connectivity index (χ3n) is 2.92. The number of amides is 1. The topological polar surface area (TPSA) is 104 Å². The molecule has 1 aromatic carbocycles. The minimum atomic E-state index is -0.347. The molecule has 3 N–H and O–H groups in total. The Labute approximate surface area is 120 Å². The summed E-state index contributed by atoms with van der Waals surface area (Å²) in [6.07, 6.45) is 3.07. The summed E-state index contributed by atoms with van der Waals surface area (Å²) in [4.78, 5) is 16.0. The van der Waals surface area contributed by atoms with Crippen LogP contribution < -0.4 is 11.1 Å². The molecule has 3 aromatic rings. The van der Waals surface area contributed by atoms with Crippen LogP contribution in [0.5, 0.6) is 0 Å². The monoisotopic (exact) mass is 283 g/mol. The highest BCUT2D eigenvalue weighted by molar-refractivity contribution is 6.01. The van der Waals surface area contributed by atoms with Gasteiger partial charge in [0.15, 0.2) is 5.69 Å². The quantitative estimate of drug-likeness (QED) is 0.693. The maximum absolute atomic E-state index is 12.1. The van der Waals surface area contributed by atoms with E-state index in [1.54, 1.807) is 36.1 Å². The predicted molar refractivity (Wildman–Crippen MR) is 76.9 cm³/mol. The van der Waals surface area contributed by atoms with Crippen molar-refractivity contribution in [2.45, 2.75) is 0 Å². The van der Waals surface area contributed by atoms with Crippen LogP contribution in [0.25, 0.3) is 5.69 Å². The summed E-state index contributed by atoms with van der Waals surface area (Å²) in [5.41, 5.74) is 7.42. The number of rotatable bonds is 3. The molecule has 0 radical (unpaired) electrons. The molecule has 106 valence electrons. The van der Waals surface area contributed by atoms with Crippen LogP contribution >= 0.6 is 0 Å². The second kappa shape index (κ2) is 5.08. The van der Waals surface area contributed by atoms with Gasteiger partial charge in [-0.15, -0.1) is 0 Å². The van der Waals surface area contributed by atoms with Crippen molar-refractivity contribution in [1.29, 1.82) is 0 Å². The highest BCUT2D eigenvalue weighted by atomic mass is 16.2. The van der Waals surface area contributed by atoms with E-state index in [0.717, 1.165) is 5.69 Å². The molecule has 2 heterocycles.